The number of methoxy groups -OCH3 is 1. The molecule has 0 aliphatic carbocycles. The van der Waals surface area contributed by atoms with E-state index in [1.54, 1.807) is 6.92 Å². The normalized spacial score (nSPS) is 12.8. The summed E-state index contributed by atoms with van der Waals surface area (Å²) >= 11 is 6.03. The van der Waals surface area contributed by atoms with Crippen molar-refractivity contribution in [3.8, 4) is 22.6 Å². The lowest BCUT2D eigenvalue weighted by Gasteiger charge is -2.18. The molecule has 0 radical (unpaired) electrons. The molecule has 0 spiro atoms. The van der Waals surface area contributed by atoms with Gasteiger partial charge in [-0.05, 0) is 18.6 Å². The van der Waals surface area contributed by atoms with Crippen molar-refractivity contribution in [3.63, 3.8) is 0 Å². The van der Waals surface area contributed by atoms with Crippen LogP contribution in [-0.4, -0.2) is 39.7 Å². The molecule has 2 aromatic heterocycles. The number of aliphatic hydroxyl groups is 1. The molecule has 31 heavy (non-hydrogen) atoms. The van der Waals surface area contributed by atoms with Gasteiger partial charge in [-0.1, -0.05) is 29.7 Å². The monoisotopic (exact) mass is 461 g/mol. The Bertz CT molecular complexity index is 1090. The molecule has 166 valence electrons. The molecule has 1 aromatic carbocycles. The number of esters is 1. The zero-order valence-corrected chi connectivity index (χ0v) is 17.0. The average molecular weight is 462 g/mol. The molecule has 3 aromatic rings. The fraction of sp³-hybridized carbons (Fsp3) is 0.316. The molecule has 2 heterocycles. The van der Waals surface area contributed by atoms with Crippen LogP contribution in [0.4, 0.5) is 17.6 Å². The molecule has 0 bridgehead atoms. The lowest BCUT2D eigenvalue weighted by molar-refractivity contribution is -0.144. The van der Waals surface area contributed by atoms with Crippen molar-refractivity contribution in [2.75, 3.05) is 13.7 Å². The summed E-state index contributed by atoms with van der Waals surface area (Å²) in [6.07, 6.45) is -3.94. The zero-order chi connectivity index (χ0) is 22.9. The van der Waals surface area contributed by atoms with E-state index in [0.29, 0.717) is 4.68 Å². The first-order chi connectivity index (χ1) is 14.6. The van der Waals surface area contributed by atoms with Gasteiger partial charge in [-0.25, -0.2) is 9.18 Å². The summed E-state index contributed by atoms with van der Waals surface area (Å²) in [7, 11) is 0.999. The summed E-state index contributed by atoms with van der Waals surface area (Å²) in [5, 5.41) is 16.7. The Morgan fingerprint density at radius 2 is 2.10 bits per heavy atom. The Morgan fingerprint density at radius 3 is 2.65 bits per heavy atom. The van der Waals surface area contributed by atoms with Gasteiger partial charge in [-0.2, -0.15) is 18.3 Å². The van der Waals surface area contributed by atoms with Crippen molar-refractivity contribution >= 4 is 17.6 Å². The molecule has 0 amide bonds. The standard InChI is InChI=1S/C19H16ClF4N3O4/c1-3-9(8-28)27-17(19(22,23)24)10(7-25-27)16-14(18(29)30-2)15(26-31-16)13-11(20)5-4-6-12(13)21/h4-7,9,28H,3,8H2,1-2H3. The average Bonchev–Trinajstić information content (AvgIpc) is 3.33. The summed E-state index contributed by atoms with van der Waals surface area (Å²) in [6.45, 7) is 0.978. The van der Waals surface area contributed by atoms with E-state index in [1.807, 2.05) is 0 Å². The first kappa shape index (κ1) is 22.8. The number of ether oxygens (including phenoxy) is 1. The molecule has 1 unspecified atom stereocenters. The molecule has 1 N–H and O–H groups in total. The van der Waals surface area contributed by atoms with Gasteiger partial charge in [0.1, 0.15) is 17.1 Å². The number of benzene rings is 1. The summed E-state index contributed by atoms with van der Waals surface area (Å²) in [6, 6.07) is 2.70. The molecule has 3 rings (SSSR count). The minimum absolute atomic E-state index is 0.136. The van der Waals surface area contributed by atoms with Gasteiger partial charge in [0.05, 0.1) is 42.1 Å². The van der Waals surface area contributed by atoms with Gasteiger partial charge in [0.2, 0.25) is 0 Å². The minimum Gasteiger partial charge on any atom is -0.465 e. The van der Waals surface area contributed by atoms with Crippen LogP contribution < -0.4 is 0 Å². The number of nitrogens with zero attached hydrogens (tertiary/aromatic N) is 3. The maximum absolute atomic E-state index is 14.4. The van der Waals surface area contributed by atoms with E-state index < -0.39 is 58.9 Å². The summed E-state index contributed by atoms with van der Waals surface area (Å²) in [5.41, 5.74) is -3.18. The van der Waals surface area contributed by atoms with Gasteiger partial charge >= 0.3 is 12.1 Å². The number of rotatable bonds is 6. The maximum Gasteiger partial charge on any atom is 0.433 e. The molecular weight excluding hydrogens is 446 g/mol. The number of aliphatic hydroxyl groups excluding tert-OH is 1. The molecule has 0 aliphatic heterocycles. The molecule has 0 fully saturated rings. The van der Waals surface area contributed by atoms with Crippen LogP contribution in [0.1, 0.15) is 35.4 Å². The van der Waals surface area contributed by atoms with Gasteiger partial charge in [0, 0.05) is 0 Å². The summed E-state index contributed by atoms with van der Waals surface area (Å²) in [4.78, 5) is 12.5. The van der Waals surface area contributed by atoms with Crippen LogP contribution in [0.3, 0.4) is 0 Å². The van der Waals surface area contributed by atoms with Gasteiger partial charge < -0.3 is 14.4 Å². The third-order valence-electron chi connectivity index (χ3n) is 4.62. The van der Waals surface area contributed by atoms with Gasteiger partial charge in [0.15, 0.2) is 11.5 Å². The summed E-state index contributed by atoms with van der Waals surface area (Å²) in [5.74, 6) is -2.59. The molecule has 1 atom stereocenters. The van der Waals surface area contributed by atoms with E-state index in [2.05, 4.69) is 15.0 Å². The van der Waals surface area contributed by atoms with E-state index >= 15 is 0 Å². The van der Waals surface area contributed by atoms with Crippen molar-refractivity contribution in [1.29, 1.82) is 0 Å². The number of carbonyl (C=O) groups is 1. The maximum atomic E-state index is 14.4. The zero-order valence-electron chi connectivity index (χ0n) is 16.2. The highest BCUT2D eigenvalue weighted by atomic mass is 35.5. The Hall–Kier alpha value is -2.92. The van der Waals surface area contributed by atoms with Crippen molar-refractivity contribution in [2.24, 2.45) is 0 Å². The molecule has 7 nitrogen and oxygen atoms in total. The van der Waals surface area contributed by atoms with E-state index in [9.17, 15) is 27.5 Å². The molecule has 0 aliphatic rings. The fourth-order valence-electron chi connectivity index (χ4n) is 3.13. The topological polar surface area (TPSA) is 90.4 Å². The van der Waals surface area contributed by atoms with Crippen LogP contribution in [0.25, 0.3) is 22.6 Å². The first-order valence-corrected chi connectivity index (χ1v) is 9.31. The quantitative estimate of drug-likeness (QED) is 0.421. The lowest BCUT2D eigenvalue weighted by Crippen LogP contribution is -2.22. The number of carbonyl (C=O) groups excluding carboxylic acids is 1. The smallest absolute Gasteiger partial charge is 0.433 e. The third kappa shape index (κ3) is 4.02. The second-order valence-corrected chi connectivity index (χ2v) is 6.82. The Kier molecular flexibility index (Phi) is 6.37. The van der Waals surface area contributed by atoms with Crippen LogP contribution in [0.2, 0.25) is 5.02 Å². The predicted molar refractivity (Wildman–Crippen MR) is 101 cm³/mol. The van der Waals surface area contributed by atoms with Crippen molar-refractivity contribution in [2.45, 2.75) is 25.6 Å². The van der Waals surface area contributed by atoms with Crippen molar-refractivity contribution in [3.05, 3.63) is 46.5 Å². The Labute approximate surface area is 178 Å². The first-order valence-electron chi connectivity index (χ1n) is 8.93. The number of hydrogen-bond donors (Lipinski definition) is 1. The SMILES string of the molecule is CCC(CO)n1ncc(-c2onc(-c3c(F)cccc3Cl)c2C(=O)OC)c1C(F)(F)F. The number of halogens is 5. The number of aromatic nitrogens is 3. The second kappa shape index (κ2) is 8.67. The Morgan fingerprint density at radius 1 is 1.39 bits per heavy atom. The van der Waals surface area contributed by atoms with Gasteiger partial charge in [0.25, 0.3) is 0 Å². The number of alkyl halides is 3. The van der Waals surface area contributed by atoms with Crippen LogP contribution in [0.15, 0.2) is 28.9 Å². The van der Waals surface area contributed by atoms with E-state index in [-0.39, 0.29) is 17.0 Å². The molecular formula is C19H16ClF4N3O4. The van der Waals surface area contributed by atoms with Crippen LogP contribution in [-0.2, 0) is 10.9 Å². The molecule has 12 heteroatoms. The van der Waals surface area contributed by atoms with Crippen LogP contribution in [0, 0.1) is 5.82 Å². The number of hydrogen-bond acceptors (Lipinski definition) is 6. The second-order valence-electron chi connectivity index (χ2n) is 6.42. The molecule has 0 saturated carbocycles. The van der Waals surface area contributed by atoms with Crippen LogP contribution in [0.5, 0.6) is 0 Å². The largest absolute Gasteiger partial charge is 0.465 e. The van der Waals surface area contributed by atoms with E-state index in [1.165, 1.54) is 12.1 Å². The highest BCUT2D eigenvalue weighted by Crippen LogP contribution is 2.43. The fourth-order valence-corrected chi connectivity index (χ4v) is 3.38. The van der Waals surface area contributed by atoms with E-state index in [4.69, 9.17) is 16.1 Å². The minimum atomic E-state index is -4.93. The predicted octanol–water partition coefficient (Wildman–Crippen LogP) is 4.75. The third-order valence-corrected chi connectivity index (χ3v) is 4.93. The van der Waals surface area contributed by atoms with Crippen molar-refractivity contribution < 1.29 is 36.7 Å². The molecule has 0 saturated heterocycles. The van der Waals surface area contributed by atoms with E-state index in [0.717, 1.165) is 19.4 Å². The van der Waals surface area contributed by atoms with Gasteiger partial charge in [-0.15, -0.1) is 0 Å². The van der Waals surface area contributed by atoms with Gasteiger partial charge in [-0.3, -0.25) is 4.68 Å². The van der Waals surface area contributed by atoms with Crippen molar-refractivity contribution in [1.82, 2.24) is 14.9 Å². The highest BCUT2D eigenvalue weighted by Gasteiger charge is 2.42. The Balaban J connectivity index is 2.33. The van der Waals surface area contributed by atoms with Crippen LogP contribution >= 0.6 is 11.6 Å². The highest BCUT2D eigenvalue weighted by molar-refractivity contribution is 6.33. The lowest BCUT2D eigenvalue weighted by atomic mass is 10.0. The summed E-state index contributed by atoms with van der Waals surface area (Å²) < 4.78 is 66.6.